The van der Waals surface area contributed by atoms with Crippen molar-refractivity contribution in [1.29, 1.82) is 0 Å². The fourth-order valence-corrected chi connectivity index (χ4v) is 0.575. The summed E-state index contributed by atoms with van der Waals surface area (Å²) in [5, 5.41) is 7.91. The molecule has 1 radical (unpaired) electrons. The quantitative estimate of drug-likeness (QED) is 0.496. The molecule has 0 spiro atoms. The van der Waals surface area contributed by atoms with Gasteiger partial charge in [0.05, 0.1) is 0 Å². The molecule has 0 aromatic carbocycles. The van der Waals surface area contributed by atoms with Gasteiger partial charge in [-0.05, 0) is 7.05 Å². The molecule has 0 rings (SSSR count). The predicted octanol–water partition coefficient (Wildman–Crippen LogP) is -1.17. The fraction of sp³-hybridized carbons (Fsp3) is 0.500. The molecule has 0 saturated heterocycles. The van der Waals surface area contributed by atoms with Gasteiger partial charge in [0.15, 0.2) is 9.87 Å². The van der Waals surface area contributed by atoms with E-state index in [-0.39, 0.29) is 6.56 Å². The summed E-state index contributed by atoms with van der Waals surface area (Å²) in [5.74, 6) is -1.48. The molecule has 7 heteroatoms. The summed E-state index contributed by atoms with van der Waals surface area (Å²) in [6.07, 6.45) is 0. The molecule has 0 atom stereocenters. The lowest BCUT2D eigenvalue weighted by molar-refractivity contribution is 0.220. The molecule has 0 heterocycles. The lowest BCUT2D eigenvalue weighted by Gasteiger charge is -1.92. The standard InChI is InChI=1S/C2H5BNO4S/c1-4-9(7,8)3-2(5)6/h4H,1H3,(H,5,6). The molecule has 2 N–H and O–H groups in total. The molecule has 0 aromatic heterocycles. The molecular weight excluding hydrogens is 145 g/mol. The summed E-state index contributed by atoms with van der Waals surface area (Å²) in [6, 6.07) is 0. The van der Waals surface area contributed by atoms with Crippen LogP contribution in [0.5, 0.6) is 0 Å². The van der Waals surface area contributed by atoms with Crippen LogP contribution in [0, 0.1) is 0 Å². The van der Waals surface area contributed by atoms with Gasteiger partial charge in [-0.15, -0.1) is 0 Å². The maximum atomic E-state index is 10.3. The minimum atomic E-state index is -3.69. The van der Waals surface area contributed by atoms with Gasteiger partial charge in [0.2, 0.25) is 0 Å². The lowest BCUT2D eigenvalue weighted by atomic mass is 10.1. The fourth-order valence-electron chi connectivity index (χ4n) is 0.192. The second kappa shape index (κ2) is 2.83. The topological polar surface area (TPSA) is 83.5 Å². The monoisotopic (exact) mass is 150 g/mol. The minimum absolute atomic E-state index is 0.188. The number of rotatable bonds is 3. The van der Waals surface area contributed by atoms with Crippen LogP contribution in [0.1, 0.15) is 0 Å². The van der Waals surface area contributed by atoms with Crippen LogP contribution in [0.15, 0.2) is 0 Å². The summed E-state index contributed by atoms with van der Waals surface area (Å²) in [7, 11) is -2.56. The zero-order chi connectivity index (χ0) is 7.49. The van der Waals surface area contributed by atoms with Crippen LogP contribution in [0.4, 0.5) is 4.79 Å². The number of hydrogen-bond acceptors (Lipinski definition) is 3. The van der Waals surface area contributed by atoms with Crippen molar-refractivity contribution in [1.82, 2.24) is 4.72 Å². The van der Waals surface area contributed by atoms with E-state index in [1.165, 1.54) is 0 Å². The van der Waals surface area contributed by atoms with E-state index in [2.05, 4.69) is 0 Å². The summed E-state index contributed by atoms with van der Waals surface area (Å²) in [5.41, 5.74) is 0. The highest BCUT2D eigenvalue weighted by Crippen LogP contribution is 1.77. The second-order valence-electron chi connectivity index (χ2n) is 1.21. The highest BCUT2D eigenvalue weighted by molar-refractivity contribution is 8.16. The average molecular weight is 150 g/mol. The Morgan fingerprint density at radius 3 is 2.22 bits per heavy atom. The van der Waals surface area contributed by atoms with Crippen molar-refractivity contribution in [3.63, 3.8) is 0 Å². The zero-order valence-electron chi connectivity index (χ0n) is 4.66. The van der Waals surface area contributed by atoms with E-state index in [9.17, 15) is 13.2 Å². The Hall–Kier alpha value is -0.555. The van der Waals surface area contributed by atoms with Crippen molar-refractivity contribution in [3.05, 3.63) is 0 Å². The number of carboxylic acid groups (broad SMARTS) is 1. The Balaban J connectivity index is 4.06. The lowest BCUT2D eigenvalue weighted by Crippen LogP contribution is -2.29. The van der Waals surface area contributed by atoms with E-state index < -0.39 is 15.7 Å². The number of carbonyl (C=O) groups is 1. The molecule has 0 amide bonds. The number of nitrogens with one attached hydrogen (secondary N) is 1. The first kappa shape index (κ1) is 8.44. The summed E-state index contributed by atoms with van der Waals surface area (Å²) in [4.78, 5) is 9.70. The maximum absolute atomic E-state index is 10.3. The summed E-state index contributed by atoms with van der Waals surface area (Å²) >= 11 is 0. The second-order valence-corrected chi connectivity index (χ2v) is 2.94. The van der Waals surface area contributed by atoms with E-state index >= 15 is 0 Å². The van der Waals surface area contributed by atoms with Crippen molar-refractivity contribution in [2.75, 3.05) is 7.05 Å². The van der Waals surface area contributed by atoms with Gasteiger partial charge in [-0.3, -0.25) is 4.79 Å². The SMILES string of the molecule is CNS(=O)(=O)[B]C(=O)O. The van der Waals surface area contributed by atoms with E-state index in [1.807, 2.05) is 4.72 Å². The summed E-state index contributed by atoms with van der Waals surface area (Å²) < 4.78 is 22.3. The first-order chi connectivity index (χ1) is 3.98. The van der Waals surface area contributed by atoms with Gasteiger partial charge < -0.3 is 5.11 Å². The van der Waals surface area contributed by atoms with Gasteiger partial charge in [0.1, 0.15) is 0 Å². The van der Waals surface area contributed by atoms with Crippen molar-refractivity contribution >= 4 is 22.3 Å². The van der Waals surface area contributed by atoms with Gasteiger partial charge in [-0.2, -0.15) is 0 Å². The van der Waals surface area contributed by atoms with Gasteiger partial charge in [0, 0.05) is 0 Å². The van der Waals surface area contributed by atoms with Gasteiger partial charge >= 0.3 is 6.56 Å². The van der Waals surface area contributed by atoms with Gasteiger partial charge in [0.25, 0.3) is 5.87 Å². The molecule has 0 aromatic rings. The molecule has 51 valence electrons. The Morgan fingerprint density at radius 1 is 1.67 bits per heavy atom. The molecule has 0 saturated carbocycles. The first-order valence-electron chi connectivity index (χ1n) is 1.99. The average Bonchev–Trinajstić information content (AvgIpc) is 1.63. The highest BCUT2D eigenvalue weighted by atomic mass is 32.2. The smallest absolute Gasteiger partial charge is 0.442 e. The van der Waals surface area contributed by atoms with E-state index in [0.29, 0.717) is 0 Å². The molecule has 0 fully saturated rings. The predicted molar refractivity (Wildman–Crippen MR) is 31.8 cm³/mol. The van der Waals surface area contributed by atoms with Crippen LogP contribution in [0.2, 0.25) is 0 Å². The van der Waals surface area contributed by atoms with Crippen molar-refractivity contribution in [2.24, 2.45) is 0 Å². The molecule has 0 unspecified atom stereocenters. The molecular formula is C2H5BNO4S. The van der Waals surface area contributed by atoms with E-state index in [0.717, 1.165) is 7.05 Å². The molecule has 0 bridgehead atoms. The number of hydrogen-bond donors (Lipinski definition) is 2. The van der Waals surface area contributed by atoms with E-state index in [4.69, 9.17) is 5.11 Å². The van der Waals surface area contributed by atoms with Crippen LogP contribution in [-0.2, 0) is 9.87 Å². The first-order valence-corrected chi connectivity index (χ1v) is 3.54. The normalized spacial score (nSPS) is 10.8. The third kappa shape index (κ3) is 3.98. The Labute approximate surface area is 53.3 Å². The van der Waals surface area contributed by atoms with Crippen molar-refractivity contribution in [2.45, 2.75) is 0 Å². The van der Waals surface area contributed by atoms with Crippen LogP contribution in [0.25, 0.3) is 0 Å². The third-order valence-corrected chi connectivity index (χ3v) is 1.62. The Bertz CT molecular complexity index is 197. The Kier molecular flexibility index (Phi) is 2.66. The highest BCUT2D eigenvalue weighted by Gasteiger charge is 2.16. The zero-order valence-corrected chi connectivity index (χ0v) is 5.47. The molecule has 9 heavy (non-hydrogen) atoms. The molecule has 5 nitrogen and oxygen atoms in total. The minimum Gasteiger partial charge on any atom is -0.489 e. The van der Waals surface area contributed by atoms with Crippen LogP contribution in [0.3, 0.4) is 0 Å². The van der Waals surface area contributed by atoms with Gasteiger partial charge in [-0.25, -0.2) is 13.1 Å². The van der Waals surface area contributed by atoms with Crippen LogP contribution < -0.4 is 4.72 Å². The van der Waals surface area contributed by atoms with Gasteiger partial charge in [-0.1, -0.05) is 0 Å². The maximum Gasteiger partial charge on any atom is 0.442 e. The third-order valence-electron chi connectivity index (χ3n) is 0.540. The van der Waals surface area contributed by atoms with Crippen LogP contribution in [-0.4, -0.2) is 33.0 Å². The summed E-state index contributed by atoms with van der Waals surface area (Å²) in [6.45, 7) is 0.188. The largest absolute Gasteiger partial charge is 0.489 e. The molecule has 0 aliphatic heterocycles. The Morgan fingerprint density at radius 2 is 2.11 bits per heavy atom. The van der Waals surface area contributed by atoms with Crippen molar-refractivity contribution < 1.29 is 18.3 Å². The molecule has 0 aliphatic rings. The molecule has 0 aliphatic carbocycles. The van der Waals surface area contributed by atoms with E-state index in [1.54, 1.807) is 0 Å². The van der Waals surface area contributed by atoms with Crippen molar-refractivity contribution in [3.8, 4) is 0 Å². The van der Waals surface area contributed by atoms with Crippen LogP contribution >= 0.6 is 0 Å².